The molecule has 3 aromatic carbocycles. The highest BCUT2D eigenvalue weighted by Crippen LogP contribution is 2.34. The molecule has 0 aliphatic heterocycles. The fourth-order valence-corrected chi connectivity index (χ4v) is 4.92. The number of hydrogen-bond acceptors (Lipinski definition) is 0. The summed E-state index contributed by atoms with van der Waals surface area (Å²) in [5.41, 5.74) is 5.25. The van der Waals surface area contributed by atoms with Crippen molar-refractivity contribution in [1.29, 1.82) is 0 Å². The van der Waals surface area contributed by atoms with E-state index in [9.17, 15) is 0 Å². The van der Waals surface area contributed by atoms with Gasteiger partial charge in [-0.05, 0) is 59.0 Å². The van der Waals surface area contributed by atoms with E-state index in [1.807, 2.05) is 0 Å². The SMILES string of the molecule is CCCCCC/C(=C\c1ccccc1)C(n1ccc2ccccc21)n1ccc2ccccc21. The normalized spacial score (nSPS) is 12.2. The Morgan fingerprint density at radius 1 is 0.667 bits per heavy atom. The molecule has 2 heterocycles. The number of allylic oxidation sites excluding steroid dienone is 1. The predicted molar refractivity (Wildman–Crippen MR) is 141 cm³/mol. The van der Waals surface area contributed by atoms with Crippen LogP contribution in [0.4, 0.5) is 0 Å². The fraction of sp³-hybridized carbons (Fsp3) is 0.226. The molecule has 0 saturated heterocycles. The standard InChI is InChI=1S/C31H32N2/c1-2-3-4-8-17-28(24-25-13-6-5-7-14-25)31(32-22-20-26-15-9-11-18-29(26)32)33-23-21-27-16-10-12-19-30(27)33/h5-7,9-16,18-24,31H,2-4,8,17H2,1H3/b28-24+. The molecule has 0 amide bonds. The Morgan fingerprint density at radius 2 is 1.24 bits per heavy atom. The van der Waals surface area contributed by atoms with E-state index in [0.29, 0.717) is 0 Å². The smallest absolute Gasteiger partial charge is 0.132 e. The van der Waals surface area contributed by atoms with Crippen LogP contribution in [-0.4, -0.2) is 9.13 Å². The number of fused-ring (bicyclic) bond motifs is 2. The van der Waals surface area contributed by atoms with Gasteiger partial charge < -0.3 is 9.13 Å². The van der Waals surface area contributed by atoms with Gasteiger partial charge in [0.1, 0.15) is 6.17 Å². The maximum absolute atomic E-state index is 2.45. The third kappa shape index (κ3) is 4.52. The third-order valence-electron chi connectivity index (χ3n) is 6.59. The van der Waals surface area contributed by atoms with Crippen molar-refractivity contribution in [2.24, 2.45) is 0 Å². The van der Waals surface area contributed by atoms with Crippen LogP contribution in [0.2, 0.25) is 0 Å². The van der Waals surface area contributed by atoms with Crippen molar-refractivity contribution < 1.29 is 0 Å². The zero-order chi connectivity index (χ0) is 22.5. The molecule has 2 nitrogen and oxygen atoms in total. The van der Waals surface area contributed by atoms with Gasteiger partial charge in [-0.2, -0.15) is 0 Å². The summed E-state index contributed by atoms with van der Waals surface area (Å²) >= 11 is 0. The van der Waals surface area contributed by atoms with Crippen LogP contribution in [0.5, 0.6) is 0 Å². The summed E-state index contributed by atoms with van der Waals surface area (Å²) in [5, 5.41) is 2.56. The van der Waals surface area contributed by atoms with Crippen LogP contribution in [0.3, 0.4) is 0 Å². The lowest BCUT2D eigenvalue weighted by Crippen LogP contribution is -2.19. The highest BCUT2D eigenvalue weighted by atomic mass is 15.2. The van der Waals surface area contributed by atoms with Gasteiger partial charge in [0.25, 0.3) is 0 Å². The lowest BCUT2D eigenvalue weighted by atomic mass is 10.0. The van der Waals surface area contributed by atoms with Gasteiger partial charge >= 0.3 is 0 Å². The van der Waals surface area contributed by atoms with E-state index in [4.69, 9.17) is 0 Å². The summed E-state index contributed by atoms with van der Waals surface area (Å²) in [5.74, 6) is 0. The molecule has 0 bridgehead atoms. The zero-order valence-electron chi connectivity index (χ0n) is 19.4. The molecule has 0 spiro atoms. The molecule has 33 heavy (non-hydrogen) atoms. The number of para-hydroxylation sites is 2. The fourth-order valence-electron chi connectivity index (χ4n) is 4.92. The Bertz CT molecular complexity index is 1280. The second-order valence-electron chi connectivity index (χ2n) is 8.88. The summed E-state index contributed by atoms with van der Waals surface area (Å²) < 4.78 is 4.91. The van der Waals surface area contributed by atoms with Crippen molar-refractivity contribution in [3.8, 4) is 0 Å². The molecule has 0 fully saturated rings. The van der Waals surface area contributed by atoms with Gasteiger partial charge in [-0.25, -0.2) is 0 Å². The van der Waals surface area contributed by atoms with Crippen LogP contribution in [0.1, 0.15) is 50.8 Å². The molecule has 0 aliphatic carbocycles. The van der Waals surface area contributed by atoms with E-state index in [-0.39, 0.29) is 6.17 Å². The maximum Gasteiger partial charge on any atom is 0.132 e. The molecular formula is C31H32N2. The Balaban J connectivity index is 1.69. The molecule has 2 heteroatoms. The molecular weight excluding hydrogens is 400 g/mol. The molecule has 166 valence electrons. The van der Waals surface area contributed by atoms with Crippen LogP contribution in [0, 0.1) is 0 Å². The van der Waals surface area contributed by atoms with Crippen LogP contribution in [-0.2, 0) is 0 Å². The largest absolute Gasteiger partial charge is 0.322 e. The minimum atomic E-state index is 0.0895. The van der Waals surface area contributed by atoms with Gasteiger partial charge in [0, 0.05) is 12.4 Å². The van der Waals surface area contributed by atoms with Gasteiger partial charge in [-0.1, -0.05) is 99.0 Å². The highest BCUT2D eigenvalue weighted by Gasteiger charge is 2.21. The molecule has 0 atom stereocenters. The van der Waals surface area contributed by atoms with E-state index in [0.717, 1.165) is 6.42 Å². The first-order chi connectivity index (χ1) is 16.3. The average Bonchev–Trinajstić information content (AvgIpc) is 3.48. The third-order valence-corrected chi connectivity index (χ3v) is 6.59. The first-order valence-corrected chi connectivity index (χ1v) is 12.2. The molecule has 0 radical (unpaired) electrons. The van der Waals surface area contributed by atoms with Crippen LogP contribution >= 0.6 is 0 Å². The monoisotopic (exact) mass is 432 g/mol. The molecule has 0 unspecified atom stereocenters. The Kier molecular flexibility index (Phi) is 6.44. The Labute approximate surface area is 196 Å². The highest BCUT2D eigenvalue weighted by molar-refractivity contribution is 5.82. The quantitative estimate of drug-likeness (QED) is 0.206. The molecule has 5 aromatic rings. The van der Waals surface area contributed by atoms with Crippen LogP contribution in [0.15, 0.2) is 109 Å². The van der Waals surface area contributed by atoms with Gasteiger partial charge in [0.05, 0.1) is 11.0 Å². The van der Waals surface area contributed by atoms with Crippen molar-refractivity contribution in [3.05, 3.63) is 115 Å². The van der Waals surface area contributed by atoms with E-state index in [2.05, 4.69) is 126 Å². The number of unbranched alkanes of at least 4 members (excludes halogenated alkanes) is 3. The first kappa shape index (κ1) is 21.3. The van der Waals surface area contributed by atoms with Crippen molar-refractivity contribution >= 4 is 27.9 Å². The minimum absolute atomic E-state index is 0.0895. The van der Waals surface area contributed by atoms with Gasteiger partial charge in [-0.3, -0.25) is 0 Å². The number of hydrogen-bond donors (Lipinski definition) is 0. The minimum Gasteiger partial charge on any atom is -0.322 e. The van der Waals surface area contributed by atoms with E-state index >= 15 is 0 Å². The van der Waals surface area contributed by atoms with Crippen molar-refractivity contribution in [1.82, 2.24) is 9.13 Å². The van der Waals surface area contributed by atoms with Gasteiger partial charge in [-0.15, -0.1) is 0 Å². The van der Waals surface area contributed by atoms with E-state index in [1.54, 1.807) is 0 Å². The average molecular weight is 433 g/mol. The number of rotatable bonds is 9. The van der Waals surface area contributed by atoms with Crippen LogP contribution < -0.4 is 0 Å². The number of nitrogens with zero attached hydrogens (tertiary/aromatic N) is 2. The number of benzene rings is 3. The lowest BCUT2D eigenvalue weighted by Gasteiger charge is -2.27. The van der Waals surface area contributed by atoms with Crippen molar-refractivity contribution in [2.45, 2.75) is 45.2 Å². The van der Waals surface area contributed by atoms with E-state index in [1.165, 1.54) is 58.6 Å². The second kappa shape index (κ2) is 9.95. The summed E-state index contributed by atoms with van der Waals surface area (Å²) in [7, 11) is 0. The Morgan fingerprint density at radius 3 is 1.85 bits per heavy atom. The molecule has 0 N–H and O–H groups in total. The van der Waals surface area contributed by atoms with Crippen molar-refractivity contribution in [2.75, 3.05) is 0 Å². The van der Waals surface area contributed by atoms with Crippen molar-refractivity contribution in [3.63, 3.8) is 0 Å². The Hall–Kier alpha value is -3.52. The van der Waals surface area contributed by atoms with Gasteiger partial charge in [0.2, 0.25) is 0 Å². The molecule has 0 saturated carbocycles. The zero-order valence-corrected chi connectivity index (χ0v) is 19.4. The predicted octanol–water partition coefficient (Wildman–Crippen LogP) is 8.70. The van der Waals surface area contributed by atoms with Crippen LogP contribution in [0.25, 0.3) is 27.9 Å². The maximum atomic E-state index is 2.45. The summed E-state index contributed by atoms with van der Waals surface area (Å²) in [6.45, 7) is 2.28. The summed E-state index contributed by atoms with van der Waals surface area (Å²) in [6.07, 6.45) is 13.1. The summed E-state index contributed by atoms with van der Waals surface area (Å²) in [4.78, 5) is 0. The van der Waals surface area contributed by atoms with Gasteiger partial charge in [0.15, 0.2) is 0 Å². The first-order valence-electron chi connectivity index (χ1n) is 12.2. The van der Waals surface area contributed by atoms with E-state index < -0.39 is 0 Å². The molecule has 2 aromatic heterocycles. The summed E-state index contributed by atoms with van der Waals surface area (Å²) in [6, 6.07) is 32.7. The number of aromatic nitrogens is 2. The topological polar surface area (TPSA) is 9.86 Å². The second-order valence-corrected chi connectivity index (χ2v) is 8.88. The lowest BCUT2D eigenvalue weighted by molar-refractivity contribution is 0.500. The molecule has 5 rings (SSSR count). The molecule has 0 aliphatic rings.